The van der Waals surface area contributed by atoms with Crippen molar-refractivity contribution in [1.29, 1.82) is 0 Å². The van der Waals surface area contributed by atoms with Crippen molar-refractivity contribution in [3.05, 3.63) is 56.5 Å². The summed E-state index contributed by atoms with van der Waals surface area (Å²) in [6, 6.07) is 9.72. The van der Waals surface area contributed by atoms with E-state index < -0.39 is 0 Å². The van der Waals surface area contributed by atoms with Crippen LogP contribution in [-0.4, -0.2) is 48.9 Å². The molecule has 0 aliphatic heterocycles. The van der Waals surface area contributed by atoms with Gasteiger partial charge in [-0.25, -0.2) is 0 Å². The van der Waals surface area contributed by atoms with Crippen LogP contribution in [0.4, 0.5) is 0 Å². The molecule has 2 rings (SSSR count). The van der Waals surface area contributed by atoms with Crippen molar-refractivity contribution >= 4 is 44.3 Å². The maximum Gasteiger partial charge on any atom is 2.00 e. The number of aliphatic imine (C=N–C) groups is 2. The largest absolute Gasteiger partial charge is 2.00 e. The molecule has 0 radical (unpaired) electrons. The van der Waals surface area contributed by atoms with E-state index in [0.717, 1.165) is 8.95 Å². The quantitative estimate of drug-likeness (QED) is 0.391. The third-order valence-electron chi connectivity index (χ3n) is 2.86. The molecule has 27 heavy (non-hydrogen) atoms. The van der Waals surface area contributed by atoms with Gasteiger partial charge in [0.2, 0.25) is 0 Å². The molecule has 6 nitrogen and oxygen atoms in total. The van der Waals surface area contributed by atoms with E-state index >= 15 is 0 Å². The van der Waals surface area contributed by atoms with E-state index in [2.05, 4.69) is 41.8 Å². The fraction of sp³-hybridized carbons (Fsp3) is 0.222. The molecule has 0 unspecified atom stereocenters. The van der Waals surface area contributed by atoms with Crippen molar-refractivity contribution in [2.75, 3.05) is 26.3 Å². The molecular weight excluding hydrogens is 580 g/mol. The molecule has 0 saturated heterocycles. The van der Waals surface area contributed by atoms with Crippen LogP contribution in [0, 0.1) is 0 Å². The van der Waals surface area contributed by atoms with Crippen LogP contribution in [-0.2, 0) is 27.3 Å². The number of nitrogens with zero attached hydrogens (tertiary/aromatic N) is 2. The van der Waals surface area contributed by atoms with Crippen molar-refractivity contribution < 1.29 is 47.7 Å². The maximum atomic E-state index is 11.2. The topological polar surface area (TPSA) is 111 Å². The van der Waals surface area contributed by atoms with Crippen molar-refractivity contribution in [2.24, 2.45) is 9.98 Å². The van der Waals surface area contributed by atoms with Crippen LogP contribution < -0.4 is 10.2 Å². The molecular formula is C18H18Br2CdN2O4. The van der Waals surface area contributed by atoms with E-state index in [1.54, 1.807) is 24.3 Å². The van der Waals surface area contributed by atoms with Crippen molar-refractivity contribution in [1.82, 2.24) is 0 Å². The molecule has 0 fully saturated rings. The fourth-order valence-corrected chi connectivity index (χ4v) is 2.44. The first-order valence-corrected chi connectivity index (χ1v) is 9.21. The van der Waals surface area contributed by atoms with Gasteiger partial charge in [0.05, 0.1) is 26.3 Å². The summed E-state index contributed by atoms with van der Waals surface area (Å²) in [6.07, 6.45) is 2.95. The number of halogens is 2. The van der Waals surface area contributed by atoms with Crippen LogP contribution in [0.2, 0.25) is 0 Å². The van der Waals surface area contributed by atoms with Gasteiger partial charge in [-0.3, -0.25) is 9.98 Å². The van der Waals surface area contributed by atoms with Crippen LogP contribution in [0.5, 0.6) is 11.5 Å². The summed E-state index contributed by atoms with van der Waals surface area (Å²) in [6.45, 7) is 0.648. The van der Waals surface area contributed by atoms with Crippen LogP contribution in [0.1, 0.15) is 11.1 Å². The summed E-state index contributed by atoms with van der Waals surface area (Å²) in [4.78, 5) is 7.73. The number of aliphatic hydroxyl groups excluding tert-OH is 2. The van der Waals surface area contributed by atoms with Gasteiger partial charge in [-0.05, 0) is 35.4 Å². The minimum Gasteiger partial charge on any atom is -0.872 e. The number of rotatable bonds is 6. The van der Waals surface area contributed by atoms with E-state index in [-0.39, 0.29) is 52.0 Å². The zero-order valence-electron chi connectivity index (χ0n) is 14.5. The van der Waals surface area contributed by atoms with E-state index in [0.29, 0.717) is 24.2 Å². The molecule has 2 N–H and O–H groups in total. The van der Waals surface area contributed by atoms with E-state index in [9.17, 15) is 10.2 Å². The summed E-state index contributed by atoms with van der Waals surface area (Å²) in [5.74, 6) is -0.130. The normalized spacial score (nSPS) is 10.5. The Bertz CT molecular complexity index is 695. The Morgan fingerprint density at radius 2 is 1.15 bits per heavy atom. The zero-order valence-corrected chi connectivity index (χ0v) is 21.7. The van der Waals surface area contributed by atoms with E-state index in [4.69, 9.17) is 10.2 Å². The second kappa shape index (κ2) is 15.1. The molecule has 2 aromatic carbocycles. The Labute approximate surface area is 195 Å². The predicted octanol–water partition coefficient (Wildman–Crippen LogP) is 1.87. The molecule has 0 aliphatic carbocycles. The van der Waals surface area contributed by atoms with Crippen LogP contribution in [0.3, 0.4) is 0 Å². The Kier molecular flexibility index (Phi) is 14.7. The van der Waals surface area contributed by atoms with Gasteiger partial charge in [-0.1, -0.05) is 55.5 Å². The predicted molar refractivity (Wildman–Crippen MR) is 106 cm³/mol. The van der Waals surface area contributed by atoms with Gasteiger partial charge in [0.1, 0.15) is 0 Å². The van der Waals surface area contributed by atoms with Gasteiger partial charge in [0, 0.05) is 21.4 Å². The van der Waals surface area contributed by atoms with Crippen molar-refractivity contribution in [3.63, 3.8) is 0 Å². The first-order valence-electron chi connectivity index (χ1n) is 7.62. The third kappa shape index (κ3) is 10.9. The molecule has 2 aromatic rings. The summed E-state index contributed by atoms with van der Waals surface area (Å²) in [7, 11) is 0. The van der Waals surface area contributed by atoms with Crippen molar-refractivity contribution in [3.8, 4) is 11.5 Å². The van der Waals surface area contributed by atoms with Gasteiger partial charge in [-0.15, -0.1) is 0 Å². The van der Waals surface area contributed by atoms with Crippen molar-refractivity contribution in [2.45, 2.75) is 0 Å². The van der Waals surface area contributed by atoms with Crippen LogP contribution in [0.15, 0.2) is 55.3 Å². The summed E-state index contributed by atoms with van der Waals surface area (Å²) in [5, 5.41) is 39.3. The minimum atomic E-state index is -0.0649. The second-order valence-electron chi connectivity index (χ2n) is 4.88. The van der Waals surface area contributed by atoms with E-state index in [1.807, 2.05) is 0 Å². The van der Waals surface area contributed by atoms with Gasteiger partial charge in [0.15, 0.2) is 0 Å². The molecule has 0 aliphatic rings. The molecule has 0 heterocycles. The van der Waals surface area contributed by atoms with Gasteiger partial charge in [-0.2, -0.15) is 0 Å². The minimum absolute atomic E-state index is 0. The number of aliphatic hydroxyl groups is 2. The first-order chi connectivity index (χ1) is 12.5. The standard InChI is InChI=1S/2C9H10BrNO2.Cd/c2*10-8-1-2-9(13)7(5-8)6-11-3-4-12;/h2*1-2,5-6,12-13H,3-4H2;/q;;+2/p-2. The Hall–Kier alpha value is -0.818. The van der Waals surface area contributed by atoms with Crippen LogP contribution in [0.25, 0.3) is 0 Å². The number of hydrogen-bond acceptors (Lipinski definition) is 6. The molecule has 0 saturated carbocycles. The summed E-state index contributed by atoms with van der Waals surface area (Å²) < 4.78 is 1.69. The molecule has 0 amide bonds. The van der Waals surface area contributed by atoms with Gasteiger partial charge >= 0.3 is 27.3 Å². The molecule has 0 spiro atoms. The average molecular weight is 599 g/mol. The molecule has 0 aromatic heterocycles. The molecule has 140 valence electrons. The molecule has 0 atom stereocenters. The molecule has 9 heteroatoms. The monoisotopic (exact) mass is 598 g/mol. The maximum absolute atomic E-state index is 11.2. The second-order valence-corrected chi connectivity index (χ2v) is 6.71. The smallest absolute Gasteiger partial charge is 0.872 e. The molecule has 0 bridgehead atoms. The Morgan fingerprint density at radius 3 is 1.48 bits per heavy atom. The first kappa shape index (κ1) is 26.2. The fourth-order valence-electron chi connectivity index (χ4n) is 1.68. The Morgan fingerprint density at radius 1 is 0.778 bits per heavy atom. The zero-order chi connectivity index (χ0) is 19.4. The van der Waals surface area contributed by atoms with Gasteiger partial charge in [0.25, 0.3) is 0 Å². The number of benzene rings is 2. The van der Waals surface area contributed by atoms with Crippen LogP contribution >= 0.6 is 31.9 Å². The average Bonchev–Trinajstić information content (AvgIpc) is 2.62. The van der Waals surface area contributed by atoms with E-state index in [1.165, 1.54) is 24.6 Å². The number of hydrogen-bond donors (Lipinski definition) is 2. The third-order valence-corrected chi connectivity index (χ3v) is 3.85. The Balaban J connectivity index is 0.000000483. The summed E-state index contributed by atoms with van der Waals surface area (Å²) in [5.41, 5.74) is 1.06. The SMILES string of the molecule is [Cd+2].[O-]c1ccc(Br)cc1C=NCCO.[O-]c1ccc(Br)cc1C=NCCO. The van der Waals surface area contributed by atoms with Gasteiger partial charge < -0.3 is 20.4 Å². The summed E-state index contributed by atoms with van der Waals surface area (Å²) >= 11 is 6.51.